The number of alkyl halides is 3. The van der Waals surface area contributed by atoms with Crippen LogP contribution < -0.4 is 5.32 Å². The van der Waals surface area contributed by atoms with Gasteiger partial charge in [-0.25, -0.2) is 0 Å². The van der Waals surface area contributed by atoms with Crippen LogP contribution in [-0.2, 0) is 4.79 Å². The summed E-state index contributed by atoms with van der Waals surface area (Å²) in [4.78, 5) is 12.2. The Morgan fingerprint density at radius 1 is 1.00 bits per heavy atom. The lowest BCUT2D eigenvalue weighted by Gasteiger charge is -2.31. The molecule has 0 aromatic heterocycles. The molecule has 0 aromatic carbocycles. The fourth-order valence-electron chi connectivity index (χ4n) is 3.48. The number of hydrogen-bond acceptors (Lipinski definition) is 2. The molecule has 0 aromatic rings. The van der Waals surface area contributed by atoms with E-state index in [1.54, 1.807) is 0 Å². The van der Waals surface area contributed by atoms with Crippen molar-refractivity contribution in [1.29, 1.82) is 0 Å². The van der Waals surface area contributed by atoms with E-state index in [0.29, 0.717) is 25.7 Å². The number of halogens is 3. The highest BCUT2D eigenvalue weighted by atomic mass is 19.4. The van der Waals surface area contributed by atoms with Gasteiger partial charge in [-0.3, -0.25) is 4.79 Å². The number of rotatable bonds is 2. The summed E-state index contributed by atoms with van der Waals surface area (Å²) in [7, 11) is 0. The molecule has 2 N–H and O–H groups in total. The van der Waals surface area contributed by atoms with E-state index in [1.807, 2.05) is 0 Å². The molecule has 1 amide bonds. The molecule has 4 unspecified atom stereocenters. The van der Waals surface area contributed by atoms with Crippen LogP contribution in [0.15, 0.2) is 0 Å². The van der Waals surface area contributed by atoms with Crippen LogP contribution in [0.25, 0.3) is 0 Å². The molecule has 2 rings (SSSR count). The molecule has 2 aliphatic rings. The Labute approximate surface area is 123 Å². The number of nitrogens with one attached hydrogen (secondary N) is 1. The van der Waals surface area contributed by atoms with Crippen LogP contribution >= 0.6 is 0 Å². The summed E-state index contributed by atoms with van der Waals surface area (Å²) in [6.07, 6.45) is 0.463. The van der Waals surface area contributed by atoms with Crippen molar-refractivity contribution in [2.75, 3.05) is 0 Å². The number of amides is 1. The highest BCUT2D eigenvalue weighted by Crippen LogP contribution is 2.40. The van der Waals surface area contributed by atoms with Crippen molar-refractivity contribution in [3.8, 4) is 0 Å². The van der Waals surface area contributed by atoms with Gasteiger partial charge in [0.1, 0.15) is 0 Å². The number of carbonyl (C=O) groups excluding carboxylic acids is 1. The van der Waals surface area contributed by atoms with E-state index in [1.165, 1.54) is 0 Å². The number of carbonyl (C=O) groups is 1. The molecule has 4 atom stereocenters. The SMILES string of the molecule is O=C(NC1CCCCCC1O)C1CCCC(C(F)(F)F)C1. The average molecular weight is 307 g/mol. The first kappa shape index (κ1) is 16.6. The van der Waals surface area contributed by atoms with E-state index < -0.39 is 24.1 Å². The summed E-state index contributed by atoms with van der Waals surface area (Å²) >= 11 is 0. The molecule has 122 valence electrons. The number of aliphatic hydroxyl groups excluding tert-OH is 1. The van der Waals surface area contributed by atoms with E-state index in [4.69, 9.17) is 0 Å². The third-order valence-corrected chi connectivity index (χ3v) is 4.82. The summed E-state index contributed by atoms with van der Waals surface area (Å²) in [5.74, 6) is -2.24. The van der Waals surface area contributed by atoms with Gasteiger partial charge >= 0.3 is 6.18 Å². The van der Waals surface area contributed by atoms with Gasteiger partial charge in [0, 0.05) is 5.92 Å². The highest BCUT2D eigenvalue weighted by molar-refractivity contribution is 5.79. The Balaban J connectivity index is 1.90. The first-order valence-electron chi connectivity index (χ1n) is 7.93. The Bertz CT molecular complexity index is 359. The molecular formula is C15H24F3NO2. The zero-order valence-electron chi connectivity index (χ0n) is 12.2. The molecular weight excluding hydrogens is 283 g/mol. The average Bonchev–Trinajstić information content (AvgIpc) is 2.63. The van der Waals surface area contributed by atoms with Crippen LogP contribution in [0.4, 0.5) is 13.2 Å². The monoisotopic (exact) mass is 307 g/mol. The maximum atomic E-state index is 12.8. The zero-order valence-corrected chi connectivity index (χ0v) is 12.2. The molecule has 2 aliphatic carbocycles. The first-order chi connectivity index (χ1) is 9.88. The van der Waals surface area contributed by atoms with E-state index in [0.717, 1.165) is 19.3 Å². The van der Waals surface area contributed by atoms with Crippen molar-refractivity contribution >= 4 is 5.91 Å². The molecule has 0 radical (unpaired) electrons. The smallest absolute Gasteiger partial charge is 0.391 e. The topological polar surface area (TPSA) is 49.3 Å². The van der Waals surface area contributed by atoms with Gasteiger partial charge in [-0.2, -0.15) is 13.2 Å². The van der Waals surface area contributed by atoms with Gasteiger partial charge in [0.2, 0.25) is 5.91 Å². The maximum Gasteiger partial charge on any atom is 0.391 e. The minimum absolute atomic E-state index is 0.113. The van der Waals surface area contributed by atoms with Crippen LogP contribution in [0.2, 0.25) is 0 Å². The molecule has 0 aliphatic heterocycles. The van der Waals surface area contributed by atoms with E-state index >= 15 is 0 Å². The zero-order chi connectivity index (χ0) is 15.5. The van der Waals surface area contributed by atoms with Crippen molar-refractivity contribution in [3.63, 3.8) is 0 Å². The fraction of sp³-hybridized carbons (Fsp3) is 0.933. The summed E-state index contributed by atoms with van der Waals surface area (Å²) in [6.45, 7) is 0. The quantitative estimate of drug-likeness (QED) is 0.770. The molecule has 2 fully saturated rings. The molecule has 0 bridgehead atoms. The summed E-state index contributed by atoms with van der Waals surface area (Å²) < 4.78 is 38.3. The predicted octanol–water partition coefficient (Wildman–Crippen LogP) is 3.16. The third-order valence-electron chi connectivity index (χ3n) is 4.82. The second-order valence-electron chi connectivity index (χ2n) is 6.42. The lowest BCUT2D eigenvalue weighted by molar-refractivity contribution is -0.186. The van der Waals surface area contributed by atoms with Crippen molar-refractivity contribution in [2.24, 2.45) is 11.8 Å². The van der Waals surface area contributed by atoms with Crippen molar-refractivity contribution in [1.82, 2.24) is 5.32 Å². The minimum Gasteiger partial charge on any atom is -0.391 e. The van der Waals surface area contributed by atoms with Crippen molar-refractivity contribution in [2.45, 2.75) is 76.1 Å². The number of aliphatic hydroxyl groups is 1. The standard InChI is InChI=1S/C15H24F3NO2/c16-15(17,18)11-6-4-5-10(9-11)14(21)19-12-7-2-1-3-8-13(12)20/h10-13,20H,1-9H2,(H,19,21). The van der Waals surface area contributed by atoms with Gasteiger partial charge < -0.3 is 10.4 Å². The predicted molar refractivity (Wildman–Crippen MR) is 72.5 cm³/mol. The lowest BCUT2D eigenvalue weighted by Crippen LogP contribution is -2.46. The first-order valence-corrected chi connectivity index (χ1v) is 7.93. The van der Waals surface area contributed by atoms with Gasteiger partial charge in [0.25, 0.3) is 0 Å². The summed E-state index contributed by atoms with van der Waals surface area (Å²) in [5.41, 5.74) is 0. The molecule has 0 saturated heterocycles. The van der Waals surface area contributed by atoms with E-state index in [9.17, 15) is 23.1 Å². The molecule has 3 nitrogen and oxygen atoms in total. The van der Waals surface area contributed by atoms with Gasteiger partial charge in [-0.05, 0) is 32.1 Å². The maximum absolute atomic E-state index is 12.8. The van der Waals surface area contributed by atoms with Gasteiger partial charge in [0.05, 0.1) is 18.1 Å². The van der Waals surface area contributed by atoms with Crippen LogP contribution in [0.5, 0.6) is 0 Å². The molecule has 0 heterocycles. The van der Waals surface area contributed by atoms with Crippen LogP contribution in [-0.4, -0.2) is 29.3 Å². The highest BCUT2D eigenvalue weighted by Gasteiger charge is 2.43. The molecule has 21 heavy (non-hydrogen) atoms. The van der Waals surface area contributed by atoms with Gasteiger partial charge in [-0.15, -0.1) is 0 Å². The fourth-order valence-corrected chi connectivity index (χ4v) is 3.48. The van der Waals surface area contributed by atoms with Gasteiger partial charge in [-0.1, -0.05) is 25.7 Å². The Kier molecular flexibility index (Phi) is 5.52. The second kappa shape index (κ2) is 6.99. The number of hydrogen-bond donors (Lipinski definition) is 2. The van der Waals surface area contributed by atoms with Crippen LogP contribution in [0.1, 0.15) is 57.8 Å². The summed E-state index contributed by atoms with van der Waals surface area (Å²) in [6, 6.07) is -0.300. The largest absolute Gasteiger partial charge is 0.391 e. The van der Waals surface area contributed by atoms with E-state index in [-0.39, 0.29) is 24.8 Å². The van der Waals surface area contributed by atoms with Crippen LogP contribution in [0.3, 0.4) is 0 Å². The second-order valence-corrected chi connectivity index (χ2v) is 6.42. The molecule has 0 spiro atoms. The normalized spacial score (nSPS) is 35.0. The Morgan fingerprint density at radius 3 is 2.43 bits per heavy atom. The minimum atomic E-state index is -4.21. The lowest BCUT2D eigenvalue weighted by atomic mass is 9.80. The van der Waals surface area contributed by atoms with Crippen molar-refractivity contribution < 1.29 is 23.1 Å². The van der Waals surface area contributed by atoms with Crippen LogP contribution in [0, 0.1) is 11.8 Å². The third kappa shape index (κ3) is 4.59. The van der Waals surface area contributed by atoms with Crippen molar-refractivity contribution in [3.05, 3.63) is 0 Å². The Hall–Kier alpha value is -0.780. The molecule has 6 heteroatoms. The van der Waals surface area contributed by atoms with Gasteiger partial charge in [0.15, 0.2) is 0 Å². The molecule has 2 saturated carbocycles. The summed E-state index contributed by atoms with van der Waals surface area (Å²) in [5, 5.41) is 12.8. The van der Waals surface area contributed by atoms with E-state index in [2.05, 4.69) is 5.32 Å². The Morgan fingerprint density at radius 2 is 1.71 bits per heavy atom.